The minimum Gasteiger partial charge on any atom is -0.481 e. The monoisotopic (exact) mass is 274 g/mol. The van der Waals surface area contributed by atoms with Crippen LogP contribution in [0.5, 0.6) is 0 Å². The van der Waals surface area contributed by atoms with E-state index in [1.165, 1.54) is 5.56 Å². The molecule has 0 atom stereocenters. The van der Waals surface area contributed by atoms with Crippen LogP contribution in [0.3, 0.4) is 0 Å². The molecule has 2 aliphatic rings. The van der Waals surface area contributed by atoms with Crippen molar-refractivity contribution >= 4 is 17.6 Å². The van der Waals surface area contributed by atoms with E-state index in [0.717, 1.165) is 31.5 Å². The number of rotatable bonds is 5. The summed E-state index contributed by atoms with van der Waals surface area (Å²) in [5.41, 5.74) is 2.92. The summed E-state index contributed by atoms with van der Waals surface area (Å²) >= 11 is 0. The second-order valence-electron chi connectivity index (χ2n) is 5.42. The van der Waals surface area contributed by atoms with E-state index in [9.17, 15) is 9.59 Å². The summed E-state index contributed by atoms with van der Waals surface area (Å²) in [5.74, 6) is -0.913. The van der Waals surface area contributed by atoms with Crippen LogP contribution >= 0.6 is 0 Å². The van der Waals surface area contributed by atoms with Gasteiger partial charge in [0.1, 0.15) is 0 Å². The van der Waals surface area contributed by atoms with Crippen LogP contribution in [0.25, 0.3) is 0 Å². The Labute approximate surface area is 117 Å². The number of anilines is 1. The number of amides is 1. The molecule has 2 N–H and O–H groups in total. The van der Waals surface area contributed by atoms with Gasteiger partial charge < -0.3 is 15.3 Å². The van der Waals surface area contributed by atoms with E-state index in [2.05, 4.69) is 5.32 Å². The van der Waals surface area contributed by atoms with Crippen molar-refractivity contribution < 1.29 is 14.7 Å². The van der Waals surface area contributed by atoms with E-state index in [-0.39, 0.29) is 18.4 Å². The van der Waals surface area contributed by atoms with Crippen LogP contribution < -0.4 is 5.32 Å². The Balaban J connectivity index is 1.76. The number of nitrogens with one attached hydrogen (secondary N) is 1. The van der Waals surface area contributed by atoms with Gasteiger partial charge in [-0.1, -0.05) is 6.07 Å². The van der Waals surface area contributed by atoms with Gasteiger partial charge in [0.2, 0.25) is 0 Å². The maximum Gasteiger partial charge on any atom is 0.305 e. The van der Waals surface area contributed by atoms with Crippen molar-refractivity contribution in [1.29, 1.82) is 0 Å². The molecular formula is C15H18N2O3. The van der Waals surface area contributed by atoms with Crippen LogP contribution in [-0.4, -0.2) is 41.0 Å². The molecule has 0 radical (unpaired) electrons. The molecule has 3 rings (SSSR count). The number of carbonyl (C=O) groups excluding carboxylic acids is 1. The van der Waals surface area contributed by atoms with Gasteiger partial charge in [0.05, 0.1) is 6.42 Å². The third kappa shape index (κ3) is 2.61. The summed E-state index contributed by atoms with van der Waals surface area (Å²) in [5, 5.41) is 12.1. The van der Waals surface area contributed by atoms with Crippen LogP contribution in [0.2, 0.25) is 0 Å². The Kier molecular flexibility index (Phi) is 3.34. The molecule has 0 aromatic heterocycles. The van der Waals surface area contributed by atoms with Crippen molar-refractivity contribution in [3.05, 3.63) is 29.3 Å². The quantitative estimate of drug-likeness (QED) is 0.858. The van der Waals surface area contributed by atoms with Crippen molar-refractivity contribution in [2.45, 2.75) is 31.7 Å². The van der Waals surface area contributed by atoms with E-state index in [0.29, 0.717) is 12.1 Å². The normalized spacial score (nSPS) is 16.4. The number of carboxylic acid groups (broad SMARTS) is 1. The van der Waals surface area contributed by atoms with Gasteiger partial charge in [0.25, 0.3) is 5.91 Å². The van der Waals surface area contributed by atoms with E-state index >= 15 is 0 Å². The van der Waals surface area contributed by atoms with Crippen LogP contribution in [0.1, 0.15) is 35.2 Å². The third-order valence-electron chi connectivity index (χ3n) is 3.88. The Morgan fingerprint density at radius 2 is 2.15 bits per heavy atom. The molecule has 0 unspecified atom stereocenters. The highest BCUT2D eigenvalue weighted by atomic mass is 16.4. The number of hydrogen-bond donors (Lipinski definition) is 2. The summed E-state index contributed by atoms with van der Waals surface area (Å²) in [6.45, 7) is 1.21. The Hall–Kier alpha value is -2.04. The number of benzene rings is 1. The first kappa shape index (κ1) is 13.0. The van der Waals surface area contributed by atoms with Crippen LogP contribution in [-0.2, 0) is 11.2 Å². The fraction of sp³-hybridized carbons (Fsp3) is 0.467. The standard InChI is InChI=1S/C15H18N2O3/c18-14(19)6-8-17(12-3-4-12)15(20)11-2-1-10-5-7-16-13(10)9-11/h1-2,9,12,16H,3-8H2,(H,18,19). The smallest absolute Gasteiger partial charge is 0.305 e. The van der Waals surface area contributed by atoms with E-state index in [1.54, 1.807) is 4.90 Å². The van der Waals surface area contributed by atoms with Gasteiger partial charge in [-0.15, -0.1) is 0 Å². The second-order valence-corrected chi connectivity index (χ2v) is 5.42. The predicted molar refractivity (Wildman–Crippen MR) is 74.9 cm³/mol. The van der Waals surface area contributed by atoms with Crippen molar-refractivity contribution in [3.63, 3.8) is 0 Å². The molecule has 0 saturated heterocycles. The zero-order valence-electron chi connectivity index (χ0n) is 11.3. The minimum absolute atomic E-state index is 0.00539. The molecule has 1 fully saturated rings. The molecular weight excluding hydrogens is 256 g/mol. The summed E-state index contributed by atoms with van der Waals surface area (Å²) in [6.07, 6.45) is 2.96. The average molecular weight is 274 g/mol. The molecule has 1 aromatic rings. The summed E-state index contributed by atoms with van der Waals surface area (Å²) in [7, 11) is 0. The first-order chi connectivity index (χ1) is 9.65. The van der Waals surface area contributed by atoms with Crippen LogP contribution in [0.4, 0.5) is 5.69 Å². The Morgan fingerprint density at radius 3 is 2.85 bits per heavy atom. The molecule has 20 heavy (non-hydrogen) atoms. The molecule has 1 aliphatic heterocycles. The van der Waals surface area contributed by atoms with Crippen LogP contribution in [0.15, 0.2) is 18.2 Å². The summed E-state index contributed by atoms with van der Waals surface area (Å²) < 4.78 is 0. The number of fused-ring (bicyclic) bond motifs is 1. The number of carboxylic acids is 1. The molecule has 0 spiro atoms. The lowest BCUT2D eigenvalue weighted by molar-refractivity contribution is -0.137. The first-order valence-corrected chi connectivity index (χ1v) is 7.05. The van der Waals surface area contributed by atoms with Crippen molar-refractivity contribution in [3.8, 4) is 0 Å². The van der Waals surface area contributed by atoms with E-state index in [4.69, 9.17) is 5.11 Å². The van der Waals surface area contributed by atoms with Gasteiger partial charge in [-0.25, -0.2) is 0 Å². The Bertz CT molecular complexity index is 552. The lowest BCUT2D eigenvalue weighted by atomic mass is 10.1. The lowest BCUT2D eigenvalue weighted by Crippen LogP contribution is -2.35. The van der Waals surface area contributed by atoms with Gasteiger partial charge in [-0.3, -0.25) is 9.59 Å². The molecule has 1 amide bonds. The van der Waals surface area contributed by atoms with Gasteiger partial charge in [-0.05, 0) is 37.0 Å². The number of hydrogen-bond acceptors (Lipinski definition) is 3. The highest BCUT2D eigenvalue weighted by molar-refractivity contribution is 5.96. The third-order valence-corrected chi connectivity index (χ3v) is 3.88. The SMILES string of the molecule is O=C(O)CCN(C(=O)c1ccc2c(c1)NCC2)C1CC1. The fourth-order valence-corrected chi connectivity index (χ4v) is 2.64. The molecule has 1 heterocycles. The second kappa shape index (κ2) is 5.15. The van der Waals surface area contributed by atoms with E-state index < -0.39 is 5.97 Å². The maximum atomic E-state index is 12.5. The zero-order valence-corrected chi connectivity index (χ0v) is 11.3. The molecule has 5 heteroatoms. The fourth-order valence-electron chi connectivity index (χ4n) is 2.64. The van der Waals surface area contributed by atoms with Crippen molar-refractivity contribution in [1.82, 2.24) is 4.90 Å². The predicted octanol–water partition coefficient (Wildman–Crippen LogP) is 1.73. The maximum absolute atomic E-state index is 12.5. The van der Waals surface area contributed by atoms with Gasteiger partial charge in [0.15, 0.2) is 0 Å². The number of nitrogens with zero attached hydrogens (tertiary/aromatic N) is 1. The molecule has 106 valence electrons. The van der Waals surface area contributed by atoms with Gasteiger partial charge in [-0.2, -0.15) is 0 Å². The molecule has 5 nitrogen and oxygen atoms in total. The number of carbonyl (C=O) groups is 2. The molecule has 1 aliphatic carbocycles. The summed E-state index contributed by atoms with van der Waals surface area (Å²) in [6, 6.07) is 5.96. The largest absolute Gasteiger partial charge is 0.481 e. The first-order valence-electron chi connectivity index (χ1n) is 7.05. The van der Waals surface area contributed by atoms with Crippen LogP contribution in [0, 0.1) is 0 Å². The molecule has 1 saturated carbocycles. The lowest BCUT2D eigenvalue weighted by Gasteiger charge is -2.22. The number of aliphatic carboxylic acids is 1. The average Bonchev–Trinajstić information content (AvgIpc) is 3.15. The van der Waals surface area contributed by atoms with Gasteiger partial charge >= 0.3 is 5.97 Å². The summed E-state index contributed by atoms with van der Waals surface area (Å²) in [4.78, 5) is 25.0. The van der Waals surface area contributed by atoms with Gasteiger partial charge in [0, 0.05) is 30.4 Å². The molecule has 1 aromatic carbocycles. The topological polar surface area (TPSA) is 69.6 Å². The minimum atomic E-state index is -0.862. The van der Waals surface area contributed by atoms with Crippen molar-refractivity contribution in [2.75, 3.05) is 18.4 Å². The van der Waals surface area contributed by atoms with Crippen molar-refractivity contribution in [2.24, 2.45) is 0 Å². The van der Waals surface area contributed by atoms with E-state index in [1.807, 2.05) is 18.2 Å². The Morgan fingerprint density at radius 1 is 1.35 bits per heavy atom. The highest BCUT2D eigenvalue weighted by Crippen LogP contribution is 2.30. The zero-order chi connectivity index (χ0) is 14.1. The highest BCUT2D eigenvalue weighted by Gasteiger charge is 2.33. The molecule has 0 bridgehead atoms.